The molecule has 0 aliphatic carbocycles. The molecule has 5 heteroatoms. The monoisotopic (exact) mass is 253 g/mol. The smallest absolute Gasteiger partial charge is 0.250 e. The van der Waals surface area contributed by atoms with Gasteiger partial charge in [-0.25, -0.2) is 8.78 Å². The van der Waals surface area contributed by atoms with E-state index in [0.29, 0.717) is 10.0 Å². The highest BCUT2D eigenvalue weighted by Gasteiger charge is 2.12. The van der Waals surface area contributed by atoms with Crippen LogP contribution in [0.25, 0.3) is 0 Å². The van der Waals surface area contributed by atoms with Gasteiger partial charge in [-0.3, -0.25) is 0 Å². The number of halogens is 4. The lowest BCUT2D eigenvalue weighted by molar-refractivity contribution is 0.142. The van der Waals surface area contributed by atoms with Gasteiger partial charge >= 0.3 is 0 Å². The van der Waals surface area contributed by atoms with E-state index < -0.39 is 6.43 Å². The third-order valence-corrected chi connectivity index (χ3v) is 2.86. The zero-order valence-corrected chi connectivity index (χ0v) is 9.62. The predicted molar refractivity (Wildman–Crippen MR) is 58.9 cm³/mol. The van der Waals surface area contributed by atoms with Crippen molar-refractivity contribution in [3.8, 4) is 0 Å². The zero-order chi connectivity index (χ0) is 11.4. The highest BCUT2D eigenvalue weighted by atomic mass is 35.5. The normalized spacial score (nSPS) is 13.2. The largest absolute Gasteiger partial charge is 0.305 e. The molecule has 1 aromatic carbocycles. The number of benzene rings is 1. The Balaban J connectivity index is 2.73. The summed E-state index contributed by atoms with van der Waals surface area (Å²) in [5.41, 5.74) is 0.727. The number of hydrogen-bond donors (Lipinski definition) is 1. The molecule has 1 aromatic rings. The van der Waals surface area contributed by atoms with E-state index in [2.05, 4.69) is 5.32 Å². The average molecular weight is 254 g/mol. The van der Waals surface area contributed by atoms with Gasteiger partial charge in [0.2, 0.25) is 0 Å². The molecule has 0 aliphatic rings. The molecule has 1 N–H and O–H groups in total. The lowest BCUT2D eigenvalue weighted by Crippen LogP contribution is -2.24. The molecule has 1 rings (SSSR count). The van der Waals surface area contributed by atoms with E-state index in [1.165, 1.54) is 0 Å². The molecule has 0 saturated carbocycles. The van der Waals surface area contributed by atoms with Crippen LogP contribution < -0.4 is 5.32 Å². The number of alkyl halides is 2. The van der Waals surface area contributed by atoms with Gasteiger partial charge < -0.3 is 5.32 Å². The van der Waals surface area contributed by atoms with Crippen LogP contribution in [-0.2, 0) is 0 Å². The van der Waals surface area contributed by atoms with E-state index in [1.807, 2.05) is 0 Å². The van der Waals surface area contributed by atoms with Gasteiger partial charge in [-0.15, -0.1) is 0 Å². The molecule has 0 saturated heterocycles. The van der Waals surface area contributed by atoms with Crippen molar-refractivity contribution in [2.24, 2.45) is 0 Å². The van der Waals surface area contributed by atoms with Gasteiger partial charge in [-0.2, -0.15) is 0 Å². The van der Waals surface area contributed by atoms with Gasteiger partial charge in [0.15, 0.2) is 0 Å². The van der Waals surface area contributed by atoms with E-state index in [0.717, 1.165) is 5.56 Å². The van der Waals surface area contributed by atoms with E-state index in [1.54, 1.807) is 25.1 Å². The molecule has 0 aromatic heterocycles. The Kier molecular flexibility index (Phi) is 4.77. The molecule has 0 spiro atoms. The van der Waals surface area contributed by atoms with Crippen LogP contribution in [0.2, 0.25) is 10.0 Å². The fourth-order valence-corrected chi connectivity index (χ4v) is 1.70. The number of nitrogens with one attached hydrogen (secondary N) is 1. The van der Waals surface area contributed by atoms with Crippen LogP contribution in [0, 0.1) is 0 Å². The molecule has 84 valence electrons. The Hall–Kier alpha value is -0.380. The Morgan fingerprint density at radius 3 is 2.60 bits per heavy atom. The highest BCUT2D eigenvalue weighted by Crippen LogP contribution is 2.29. The van der Waals surface area contributed by atoms with Crippen LogP contribution in [-0.4, -0.2) is 13.0 Å². The molecule has 0 amide bonds. The lowest BCUT2D eigenvalue weighted by atomic mass is 10.1. The molecular weight excluding hydrogens is 243 g/mol. The zero-order valence-electron chi connectivity index (χ0n) is 8.11. The molecule has 1 unspecified atom stereocenters. The van der Waals surface area contributed by atoms with E-state index >= 15 is 0 Å². The van der Waals surface area contributed by atoms with Crippen LogP contribution in [0.1, 0.15) is 18.5 Å². The summed E-state index contributed by atoms with van der Waals surface area (Å²) in [6.07, 6.45) is -2.37. The second kappa shape index (κ2) is 5.64. The minimum Gasteiger partial charge on any atom is -0.305 e. The van der Waals surface area contributed by atoms with Crippen molar-refractivity contribution < 1.29 is 8.78 Å². The van der Waals surface area contributed by atoms with Gasteiger partial charge in [0.25, 0.3) is 6.43 Å². The summed E-state index contributed by atoms with van der Waals surface area (Å²) in [6, 6.07) is 4.92. The van der Waals surface area contributed by atoms with Gasteiger partial charge in [0.1, 0.15) is 0 Å². The second-order valence-electron chi connectivity index (χ2n) is 3.16. The van der Waals surface area contributed by atoms with Gasteiger partial charge in [0.05, 0.1) is 16.6 Å². The number of rotatable bonds is 4. The summed E-state index contributed by atoms with van der Waals surface area (Å²) in [5.74, 6) is 0. The van der Waals surface area contributed by atoms with Crippen LogP contribution in [0.4, 0.5) is 8.78 Å². The third kappa shape index (κ3) is 3.59. The van der Waals surface area contributed by atoms with Crippen LogP contribution >= 0.6 is 23.2 Å². The summed E-state index contributed by atoms with van der Waals surface area (Å²) >= 11 is 11.8. The van der Waals surface area contributed by atoms with Crippen molar-refractivity contribution in [1.82, 2.24) is 5.32 Å². The van der Waals surface area contributed by atoms with Crippen molar-refractivity contribution in [2.45, 2.75) is 19.4 Å². The Morgan fingerprint density at radius 1 is 1.33 bits per heavy atom. The van der Waals surface area contributed by atoms with Crippen LogP contribution in [0.15, 0.2) is 18.2 Å². The molecule has 1 atom stereocenters. The first-order valence-corrected chi connectivity index (χ1v) is 5.23. The summed E-state index contributed by atoms with van der Waals surface area (Å²) < 4.78 is 23.9. The first-order chi connectivity index (χ1) is 7.02. The maximum atomic E-state index is 12.0. The van der Waals surface area contributed by atoms with Crippen molar-refractivity contribution in [1.29, 1.82) is 0 Å². The van der Waals surface area contributed by atoms with Crippen molar-refractivity contribution in [3.63, 3.8) is 0 Å². The van der Waals surface area contributed by atoms with E-state index in [4.69, 9.17) is 23.2 Å². The van der Waals surface area contributed by atoms with Gasteiger partial charge in [0, 0.05) is 6.04 Å². The maximum absolute atomic E-state index is 12.0. The fraction of sp³-hybridized carbons (Fsp3) is 0.400. The maximum Gasteiger partial charge on any atom is 0.250 e. The predicted octanol–water partition coefficient (Wildman–Crippen LogP) is 3.91. The summed E-state index contributed by atoms with van der Waals surface area (Å²) in [4.78, 5) is 0. The van der Waals surface area contributed by atoms with Crippen molar-refractivity contribution in [2.75, 3.05) is 6.54 Å². The molecule has 0 aliphatic heterocycles. The Bertz CT molecular complexity index is 331. The third-order valence-electron chi connectivity index (χ3n) is 2.03. The number of hydrogen-bond acceptors (Lipinski definition) is 1. The van der Waals surface area contributed by atoms with Crippen LogP contribution in [0.5, 0.6) is 0 Å². The first kappa shape index (κ1) is 12.7. The van der Waals surface area contributed by atoms with E-state index in [-0.39, 0.29) is 12.6 Å². The molecule has 15 heavy (non-hydrogen) atoms. The van der Waals surface area contributed by atoms with Gasteiger partial charge in [-0.05, 0) is 18.6 Å². The topological polar surface area (TPSA) is 12.0 Å². The minimum absolute atomic E-state index is 0.245. The fourth-order valence-electron chi connectivity index (χ4n) is 1.23. The molecule has 1 nitrogen and oxygen atoms in total. The molecular formula is C10H11Cl2F2N. The minimum atomic E-state index is -2.37. The quantitative estimate of drug-likeness (QED) is 0.858. The molecule has 0 bridgehead atoms. The van der Waals surface area contributed by atoms with Gasteiger partial charge in [-0.1, -0.05) is 35.3 Å². The Labute approximate surface area is 97.4 Å². The average Bonchev–Trinajstić information content (AvgIpc) is 2.18. The molecule has 0 fully saturated rings. The van der Waals surface area contributed by atoms with Crippen LogP contribution in [0.3, 0.4) is 0 Å². The Morgan fingerprint density at radius 2 is 2.00 bits per heavy atom. The van der Waals surface area contributed by atoms with E-state index in [9.17, 15) is 8.78 Å². The standard InChI is InChI=1S/C10H11Cl2F2N/c1-6(15-5-9(13)14)7-3-2-4-8(11)10(7)12/h2-4,6,9,15H,5H2,1H3. The highest BCUT2D eigenvalue weighted by molar-refractivity contribution is 6.42. The lowest BCUT2D eigenvalue weighted by Gasteiger charge is -2.15. The van der Waals surface area contributed by atoms with Crippen molar-refractivity contribution >= 4 is 23.2 Å². The molecule has 0 heterocycles. The first-order valence-electron chi connectivity index (χ1n) is 4.47. The van der Waals surface area contributed by atoms with Crippen molar-refractivity contribution in [3.05, 3.63) is 33.8 Å². The SMILES string of the molecule is CC(NCC(F)F)c1cccc(Cl)c1Cl. The molecule has 0 radical (unpaired) electrons. The summed E-state index contributed by atoms with van der Waals surface area (Å²) in [7, 11) is 0. The second-order valence-corrected chi connectivity index (χ2v) is 3.95. The summed E-state index contributed by atoms with van der Waals surface area (Å²) in [6.45, 7) is 1.41. The summed E-state index contributed by atoms with van der Waals surface area (Å²) in [5, 5.41) is 3.51.